The summed E-state index contributed by atoms with van der Waals surface area (Å²) in [6, 6.07) is 11.3. The number of halogens is 4. The predicted octanol–water partition coefficient (Wildman–Crippen LogP) is 4.87. The van der Waals surface area contributed by atoms with Crippen molar-refractivity contribution in [3.63, 3.8) is 0 Å². The highest BCUT2D eigenvalue weighted by molar-refractivity contribution is 14.1. The second kappa shape index (κ2) is 5.90. The van der Waals surface area contributed by atoms with Gasteiger partial charge in [-0.15, -0.1) is 13.2 Å². The molecule has 0 aliphatic heterocycles. The smallest absolute Gasteiger partial charge is 0.497 e. The predicted molar refractivity (Wildman–Crippen MR) is 77.8 cm³/mol. The molecule has 2 nitrogen and oxygen atoms in total. The van der Waals surface area contributed by atoms with Crippen LogP contribution in [-0.2, 0) is 0 Å². The average molecular weight is 394 g/mol. The summed E-state index contributed by atoms with van der Waals surface area (Å²) in [7, 11) is 1.56. The van der Waals surface area contributed by atoms with E-state index in [1.54, 1.807) is 25.3 Å². The Labute approximate surface area is 127 Å². The molecule has 0 N–H and O–H groups in total. The van der Waals surface area contributed by atoms with Gasteiger partial charge in [-0.25, -0.2) is 0 Å². The highest BCUT2D eigenvalue weighted by Gasteiger charge is 2.31. The molecular weight excluding hydrogens is 384 g/mol. The van der Waals surface area contributed by atoms with Gasteiger partial charge < -0.3 is 9.47 Å². The Kier molecular flexibility index (Phi) is 4.42. The van der Waals surface area contributed by atoms with Crippen molar-refractivity contribution in [1.82, 2.24) is 0 Å². The molecule has 0 atom stereocenters. The summed E-state index contributed by atoms with van der Waals surface area (Å²) in [5, 5.41) is 0. The molecule has 0 spiro atoms. The van der Waals surface area contributed by atoms with Crippen LogP contribution in [0.1, 0.15) is 0 Å². The number of hydrogen-bond acceptors (Lipinski definition) is 2. The number of benzene rings is 2. The highest BCUT2D eigenvalue weighted by atomic mass is 127. The summed E-state index contributed by atoms with van der Waals surface area (Å²) >= 11 is 2.11. The maximum absolute atomic E-state index is 12.2. The molecule has 0 saturated heterocycles. The van der Waals surface area contributed by atoms with Crippen LogP contribution < -0.4 is 9.47 Å². The third-order valence-electron chi connectivity index (χ3n) is 2.55. The third kappa shape index (κ3) is 3.78. The molecule has 0 saturated carbocycles. The second-order valence-corrected chi connectivity index (χ2v) is 5.08. The fourth-order valence-corrected chi connectivity index (χ4v) is 2.52. The zero-order chi connectivity index (χ0) is 14.8. The van der Waals surface area contributed by atoms with E-state index >= 15 is 0 Å². The number of ether oxygens (including phenoxy) is 2. The molecular formula is C14H10F3IO2. The normalized spacial score (nSPS) is 11.2. The summed E-state index contributed by atoms with van der Waals surface area (Å²) in [4.78, 5) is 0. The van der Waals surface area contributed by atoms with E-state index in [-0.39, 0.29) is 5.75 Å². The maximum atomic E-state index is 12.2. The van der Waals surface area contributed by atoms with Crippen LogP contribution in [0.5, 0.6) is 11.5 Å². The summed E-state index contributed by atoms with van der Waals surface area (Å²) < 4.78 is 46.5. The van der Waals surface area contributed by atoms with Crippen molar-refractivity contribution < 1.29 is 22.6 Å². The number of rotatable bonds is 3. The first kappa shape index (κ1) is 15.0. The van der Waals surface area contributed by atoms with Gasteiger partial charge in [0.1, 0.15) is 11.5 Å². The second-order valence-electron chi connectivity index (χ2n) is 3.92. The van der Waals surface area contributed by atoms with E-state index in [1.807, 2.05) is 6.07 Å². The molecule has 6 heteroatoms. The minimum absolute atomic E-state index is 0.235. The number of methoxy groups -OCH3 is 1. The van der Waals surface area contributed by atoms with Crippen LogP contribution in [0.2, 0.25) is 0 Å². The SMILES string of the molecule is COc1ccc(-c2cccc(OC(F)(F)F)c2)c(I)c1. The summed E-state index contributed by atoms with van der Waals surface area (Å²) in [6.45, 7) is 0. The lowest BCUT2D eigenvalue weighted by Gasteiger charge is -2.11. The van der Waals surface area contributed by atoms with Crippen molar-refractivity contribution in [3.05, 3.63) is 46.0 Å². The molecule has 0 aromatic heterocycles. The quantitative estimate of drug-likeness (QED) is 0.692. The van der Waals surface area contributed by atoms with Crippen molar-refractivity contribution in [2.45, 2.75) is 6.36 Å². The molecule has 0 aliphatic rings. The molecule has 2 aromatic carbocycles. The van der Waals surface area contributed by atoms with Crippen LogP contribution in [0.25, 0.3) is 11.1 Å². The lowest BCUT2D eigenvalue weighted by Crippen LogP contribution is -2.17. The number of alkyl halides is 3. The zero-order valence-corrected chi connectivity index (χ0v) is 12.5. The first-order valence-corrected chi connectivity index (χ1v) is 6.66. The molecule has 0 amide bonds. The van der Waals surface area contributed by atoms with E-state index in [9.17, 15) is 13.2 Å². The largest absolute Gasteiger partial charge is 0.573 e. The molecule has 2 rings (SSSR count). The minimum Gasteiger partial charge on any atom is -0.497 e. The summed E-state index contributed by atoms with van der Waals surface area (Å²) in [5.41, 5.74) is 1.47. The Hall–Kier alpha value is -1.44. The van der Waals surface area contributed by atoms with Gasteiger partial charge in [0, 0.05) is 3.57 Å². The Morgan fingerprint density at radius 2 is 1.75 bits per heavy atom. The molecule has 0 heterocycles. The Morgan fingerprint density at radius 1 is 1.00 bits per heavy atom. The fourth-order valence-electron chi connectivity index (χ4n) is 1.72. The Morgan fingerprint density at radius 3 is 2.35 bits per heavy atom. The van der Waals surface area contributed by atoms with E-state index in [1.165, 1.54) is 18.2 Å². The van der Waals surface area contributed by atoms with Gasteiger partial charge in [-0.1, -0.05) is 12.1 Å². The van der Waals surface area contributed by atoms with Crippen LogP contribution in [0.15, 0.2) is 42.5 Å². The Bertz CT molecular complexity index is 612. The maximum Gasteiger partial charge on any atom is 0.573 e. The molecule has 0 fully saturated rings. The van der Waals surface area contributed by atoms with E-state index in [0.29, 0.717) is 11.3 Å². The molecule has 2 aromatic rings. The van der Waals surface area contributed by atoms with Crippen LogP contribution in [-0.4, -0.2) is 13.5 Å². The van der Waals surface area contributed by atoms with E-state index < -0.39 is 6.36 Å². The third-order valence-corrected chi connectivity index (χ3v) is 3.45. The standard InChI is InChI=1S/C14H10F3IO2/c1-19-10-5-6-12(13(18)8-10)9-3-2-4-11(7-9)20-14(15,16)17/h2-8H,1H3. The van der Waals surface area contributed by atoms with Gasteiger partial charge in [-0.05, 0) is 64.0 Å². The van der Waals surface area contributed by atoms with Crippen molar-refractivity contribution in [3.8, 4) is 22.6 Å². The Balaban J connectivity index is 2.36. The van der Waals surface area contributed by atoms with Gasteiger partial charge in [-0.2, -0.15) is 0 Å². The lowest BCUT2D eigenvalue weighted by atomic mass is 10.1. The molecule has 106 valence electrons. The average Bonchev–Trinajstić information content (AvgIpc) is 2.36. The topological polar surface area (TPSA) is 18.5 Å². The van der Waals surface area contributed by atoms with Gasteiger partial charge in [0.15, 0.2) is 0 Å². The molecule has 0 bridgehead atoms. The van der Waals surface area contributed by atoms with Gasteiger partial charge in [-0.3, -0.25) is 0 Å². The minimum atomic E-state index is -4.69. The first-order valence-electron chi connectivity index (χ1n) is 5.59. The number of hydrogen-bond donors (Lipinski definition) is 0. The van der Waals surface area contributed by atoms with E-state index in [0.717, 1.165) is 9.13 Å². The van der Waals surface area contributed by atoms with Gasteiger partial charge in [0.25, 0.3) is 0 Å². The molecule has 0 aliphatic carbocycles. The van der Waals surface area contributed by atoms with Crippen LogP contribution in [0.3, 0.4) is 0 Å². The van der Waals surface area contributed by atoms with Crippen LogP contribution in [0, 0.1) is 3.57 Å². The van der Waals surface area contributed by atoms with Crippen molar-refractivity contribution in [1.29, 1.82) is 0 Å². The highest BCUT2D eigenvalue weighted by Crippen LogP contribution is 2.32. The zero-order valence-electron chi connectivity index (χ0n) is 10.4. The molecule has 0 unspecified atom stereocenters. The van der Waals surface area contributed by atoms with Crippen molar-refractivity contribution >= 4 is 22.6 Å². The van der Waals surface area contributed by atoms with Gasteiger partial charge in [0.05, 0.1) is 7.11 Å². The monoisotopic (exact) mass is 394 g/mol. The summed E-state index contributed by atoms with van der Waals surface area (Å²) in [5.74, 6) is 0.461. The summed E-state index contributed by atoms with van der Waals surface area (Å²) in [6.07, 6.45) is -4.69. The lowest BCUT2D eigenvalue weighted by molar-refractivity contribution is -0.274. The van der Waals surface area contributed by atoms with Crippen LogP contribution >= 0.6 is 22.6 Å². The first-order chi connectivity index (χ1) is 9.39. The van der Waals surface area contributed by atoms with Crippen molar-refractivity contribution in [2.24, 2.45) is 0 Å². The van der Waals surface area contributed by atoms with Crippen LogP contribution in [0.4, 0.5) is 13.2 Å². The van der Waals surface area contributed by atoms with Gasteiger partial charge >= 0.3 is 6.36 Å². The fraction of sp³-hybridized carbons (Fsp3) is 0.143. The van der Waals surface area contributed by atoms with E-state index in [4.69, 9.17) is 4.74 Å². The van der Waals surface area contributed by atoms with Gasteiger partial charge in [0.2, 0.25) is 0 Å². The van der Waals surface area contributed by atoms with Crippen molar-refractivity contribution in [2.75, 3.05) is 7.11 Å². The van der Waals surface area contributed by atoms with E-state index in [2.05, 4.69) is 27.3 Å². The molecule has 0 radical (unpaired) electrons. The molecule has 20 heavy (non-hydrogen) atoms.